The summed E-state index contributed by atoms with van der Waals surface area (Å²) >= 11 is 0. The molecule has 6 heteroatoms. The maximum Gasteiger partial charge on any atom is 0.314 e. The summed E-state index contributed by atoms with van der Waals surface area (Å²) in [4.78, 5) is 14.8. The van der Waals surface area contributed by atoms with Crippen molar-refractivity contribution in [1.29, 1.82) is 0 Å². The number of hydrogen-bond donors (Lipinski definition) is 2. The maximum atomic E-state index is 12.7. The third-order valence-corrected chi connectivity index (χ3v) is 7.00. The zero-order chi connectivity index (χ0) is 17.8. The molecule has 4 rings (SSSR count). The Balaban J connectivity index is 1.65. The van der Waals surface area contributed by atoms with Gasteiger partial charge in [-0.15, -0.1) is 0 Å². The highest BCUT2D eigenvalue weighted by molar-refractivity contribution is 5.78. The van der Waals surface area contributed by atoms with Gasteiger partial charge in [0.2, 0.25) is 0 Å². The second kappa shape index (κ2) is 6.05. The van der Waals surface area contributed by atoms with Crippen molar-refractivity contribution in [3.63, 3.8) is 0 Å². The van der Waals surface area contributed by atoms with Crippen molar-refractivity contribution < 1.29 is 24.5 Å². The monoisotopic (exact) mass is 351 g/mol. The van der Waals surface area contributed by atoms with E-state index >= 15 is 0 Å². The highest BCUT2D eigenvalue weighted by Crippen LogP contribution is 2.57. The Labute approximate surface area is 148 Å². The highest BCUT2D eigenvalue weighted by atomic mass is 16.6. The van der Waals surface area contributed by atoms with Gasteiger partial charge in [0.15, 0.2) is 6.10 Å². The molecule has 1 saturated carbocycles. The highest BCUT2D eigenvalue weighted by Gasteiger charge is 2.63. The summed E-state index contributed by atoms with van der Waals surface area (Å²) in [6.07, 6.45) is 1.90. The van der Waals surface area contributed by atoms with Gasteiger partial charge < -0.3 is 19.7 Å². The van der Waals surface area contributed by atoms with Crippen LogP contribution in [0.4, 0.5) is 0 Å². The van der Waals surface area contributed by atoms with Crippen molar-refractivity contribution in [2.45, 2.75) is 57.3 Å². The first kappa shape index (κ1) is 17.5. The number of nitrogens with zero attached hydrogens (tertiary/aromatic N) is 1. The third kappa shape index (κ3) is 2.65. The van der Waals surface area contributed by atoms with Crippen LogP contribution >= 0.6 is 0 Å². The van der Waals surface area contributed by atoms with Gasteiger partial charge in [0, 0.05) is 19.6 Å². The zero-order valence-corrected chi connectivity index (χ0v) is 15.2. The van der Waals surface area contributed by atoms with E-state index in [1.165, 1.54) is 0 Å². The summed E-state index contributed by atoms with van der Waals surface area (Å²) in [6, 6.07) is 0. The average Bonchev–Trinajstić information content (AvgIpc) is 2.84. The Morgan fingerprint density at radius 1 is 1.24 bits per heavy atom. The molecule has 0 amide bonds. The average molecular weight is 351 g/mol. The van der Waals surface area contributed by atoms with Crippen molar-refractivity contribution in [2.24, 2.45) is 11.3 Å². The number of rotatable bonds is 2. The van der Waals surface area contributed by atoms with Crippen LogP contribution in [-0.2, 0) is 14.3 Å². The van der Waals surface area contributed by atoms with Crippen LogP contribution < -0.4 is 0 Å². The lowest BCUT2D eigenvalue weighted by atomic mass is 9.57. The summed E-state index contributed by atoms with van der Waals surface area (Å²) in [5, 5.41) is 21.8. The van der Waals surface area contributed by atoms with Gasteiger partial charge in [0.1, 0.15) is 11.5 Å². The van der Waals surface area contributed by atoms with E-state index in [2.05, 4.69) is 11.8 Å². The van der Waals surface area contributed by atoms with E-state index in [0.29, 0.717) is 26.2 Å². The molecule has 4 aliphatic rings. The molecular weight excluding hydrogens is 322 g/mol. The van der Waals surface area contributed by atoms with Gasteiger partial charge >= 0.3 is 5.97 Å². The van der Waals surface area contributed by atoms with E-state index < -0.39 is 23.7 Å². The summed E-state index contributed by atoms with van der Waals surface area (Å²) < 4.78 is 11.1. The van der Waals surface area contributed by atoms with Crippen LogP contribution in [-0.4, -0.2) is 71.7 Å². The fraction of sp³-hybridized carbons (Fsp3) is 0.842. The summed E-state index contributed by atoms with van der Waals surface area (Å²) in [7, 11) is 0. The number of carbonyl (C=O) groups excluding carboxylic acids is 1. The van der Waals surface area contributed by atoms with Gasteiger partial charge in [0.25, 0.3) is 0 Å². The van der Waals surface area contributed by atoms with Crippen LogP contribution in [0.15, 0.2) is 11.1 Å². The van der Waals surface area contributed by atoms with Crippen molar-refractivity contribution >= 4 is 5.97 Å². The van der Waals surface area contributed by atoms with E-state index in [9.17, 15) is 15.0 Å². The molecule has 2 unspecified atom stereocenters. The molecule has 2 heterocycles. The molecule has 25 heavy (non-hydrogen) atoms. The van der Waals surface area contributed by atoms with Crippen LogP contribution in [0.2, 0.25) is 0 Å². The minimum absolute atomic E-state index is 0.0889. The lowest BCUT2D eigenvalue weighted by Crippen LogP contribution is -2.56. The van der Waals surface area contributed by atoms with E-state index in [4.69, 9.17) is 9.47 Å². The Kier molecular flexibility index (Phi) is 4.22. The number of hydrogen-bond acceptors (Lipinski definition) is 6. The van der Waals surface area contributed by atoms with Gasteiger partial charge in [-0.25, -0.2) is 0 Å². The largest absolute Gasteiger partial charge is 0.454 e. The molecule has 0 aromatic carbocycles. The molecule has 0 radical (unpaired) electrons. The van der Waals surface area contributed by atoms with Crippen molar-refractivity contribution in [2.75, 3.05) is 32.8 Å². The summed E-state index contributed by atoms with van der Waals surface area (Å²) in [6.45, 7) is 7.51. The Bertz CT molecular complexity index is 599. The van der Waals surface area contributed by atoms with E-state index in [-0.39, 0.29) is 11.4 Å². The van der Waals surface area contributed by atoms with Gasteiger partial charge in [-0.2, -0.15) is 0 Å². The predicted octanol–water partition coefficient (Wildman–Crippen LogP) is 0.863. The molecule has 2 saturated heterocycles. The normalized spacial score (nSPS) is 45.1. The molecule has 0 spiro atoms. The number of ether oxygens (including phenoxy) is 2. The van der Waals surface area contributed by atoms with E-state index in [0.717, 1.165) is 43.5 Å². The summed E-state index contributed by atoms with van der Waals surface area (Å²) in [5.74, 6) is -0.830. The number of aliphatic hydroxyl groups excluding tert-OH is 1. The molecule has 0 aromatic rings. The van der Waals surface area contributed by atoms with Gasteiger partial charge in [-0.3, -0.25) is 9.69 Å². The quantitative estimate of drug-likeness (QED) is 0.568. The number of carbonyl (C=O) groups is 1. The van der Waals surface area contributed by atoms with Crippen molar-refractivity contribution in [3.05, 3.63) is 11.1 Å². The lowest BCUT2D eigenvalue weighted by molar-refractivity contribution is -0.144. The van der Waals surface area contributed by atoms with Crippen LogP contribution in [0.1, 0.15) is 39.5 Å². The fourth-order valence-corrected chi connectivity index (χ4v) is 5.30. The molecule has 6 nitrogen and oxygen atoms in total. The van der Waals surface area contributed by atoms with Crippen LogP contribution in [0, 0.1) is 11.3 Å². The number of esters is 1. The Morgan fingerprint density at radius 2 is 1.96 bits per heavy atom. The first-order valence-corrected chi connectivity index (χ1v) is 9.47. The molecule has 140 valence electrons. The topological polar surface area (TPSA) is 79.2 Å². The molecule has 2 aliphatic carbocycles. The molecular formula is C19H29NO5. The Morgan fingerprint density at radius 3 is 2.68 bits per heavy atom. The Hall–Kier alpha value is -0.950. The van der Waals surface area contributed by atoms with Crippen molar-refractivity contribution in [1.82, 2.24) is 4.90 Å². The second-order valence-corrected chi connectivity index (χ2v) is 8.49. The number of fused-ring (bicyclic) bond motifs is 3. The van der Waals surface area contributed by atoms with Crippen LogP contribution in [0.3, 0.4) is 0 Å². The van der Waals surface area contributed by atoms with E-state index in [1.807, 2.05) is 6.92 Å². The number of morpholine rings is 1. The van der Waals surface area contributed by atoms with Gasteiger partial charge in [-0.05, 0) is 49.2 Å². The minimum atomic E-state index is -1.16. The standard InChI is InChI=1S/C19H29NO5/c1-12-14(21)3-4-18(2)5-6-19(23)13(11-20-7-9-24-10-8-20)17(22)25-16(19)15(12)18/h13-14,16,21,23H,3-11H2,1-2H3/t13?,14?,16-,18+,19+/m0/s1. The minimum Gasteiger partial charge on any atom is -0.454 e. The molecule has 2 aliphatic heterocycles. The zero-order valence-electron chi connectivity index (χ0n) is 15.2. The SMILES string of the molecule is CC1=C2[C@@H]3OC(=O)C(CN4CCOCC4)[C@]3(O)CC[C@@]2(C)CCC1O. The van der Waals surface area contributed by atoms with Crippen LogP contribution in [0.25, 0.3) is 0 Å². The van der Waals surface area contributed by atoms with Gasteiger partial charge in [0.05, 0.1) is 19.3 Å². The smallest absolute Gasteiger partial charge is 0.314 e. The fourth-order valence-electron chi connectivity index (χ4n) is 5.30. The maximum absolute atomic E-state index is 12.7. The molecule has 2 N–H and O–H groups in total. The lowest BCUT2D eigenvalue weighted by Gasteiger charge is -2.50. The number of aliphatic hydroxyl groups is 2. The van der Waals surface area contributed by atoms with E-state index in [1.54, 1.807) is 0 Å². The van der Waals surface area contributed by atoms with Gasteiger partial charge in [-0.1, -0.05) is 6.92 Å². The van der Waals surface area contributed by atoms with Crippen LogP contribution in [0.5, 0.6) is 0 Å². The predicted molar refractivity (Wildman–Crippen MR) is 90.9 cm³/mol. The first-order chi connectivity index (χ1) is 11.8. The molecule has 0 aromatic heterocycles. The summed E-state index contributed by atoms with van der Waals surface area (Å²) in [5.41, 5.74) is 0.603. The third-order valence-electron chi connectivity index (χ3n) is 7.00. The van der Waals surface area contributed by atoms with Crippen molar-refractivity contribution in [3.8, 4) is 0 Å². The second-order valence-electron chi connectivity index (χ2n) is 8.49. The molecule has 3 fully saturated rings. The molecule has 0 bridgehead atoms. The molecule has 5 atom stereocenters. The first-order valence-electron chi connectivity index (χ1n) is 9.47.